The zero-order valence-corrected chi connectivity index (χ0v) is 10.8. The molecule has 1 heterocycles. The van der Waals surface area contributed by atoms with Crippen molar-refractivity contribution in [3.05, 3.63) is 46.8 Å². The topological polar surface area (TPSA) is 27.1 Å². The number of hydrogen-bond donors (Lipinski definition) is 0. The molecule has 0 radical (unpaired) electrons. The molecule has 0 aliphatic rings. The Labute approximate surface area is 102 Å². The molecule has 0 atom stereocenters. The number of nitrogens with zero attached hydrogens (tertiary/aromatic N) is 2. The van der Waals surface area contributed by atoms with Gasteiger partial charge >= 0.3 is 0 Å². The number of benzene rings is 1. The van der Waals surface area contributed by atoms with Crippen LogP contribution in [0.4, 0.5) is 0 Å². The summed E-state index contributed by atoms with van der Waals surface area (Å²) in [5.74, 6) is 0.887. The average Bonchev–Trinajstić information content (AvgIpc) is 2.58. The van der Waals surface area contributed by atoms with Crippen molar-refractivity contribution < 1.29 is 4.74 Å². The Balaban J connectivity index is 2.22. The Morgan fingerprint density at radius 3 is 2.24 bits per heavy atom. The third-order valence-corrected chi connectivity index (χ3v) is 3.23. The third-order valence-electron chi connectivity index (χ3n) is 3.23. The van der Waals surface area contributed by atoms with Gasteiger partial charge in [-0.15, -0.1) is 0 Å². The van der Waals surface area contributed by atoms with Gasteiger partial charge in [0.05, 0.1) is 19.3 Å². The van der Waals surface area contributed by atoms with E-state index in [0.29, 0.717) is 0 Å². The predicted octanol–water partition coefficient (Wildman–Crippen LogP) is 2.87. The molecule has 0 saturated heterocycles. The van der Waals surface area contributed by atoms with Crippen molar-refractivity contribution >= 4 is 0 Å². The minimum absolute atomic E-state index is 0.810. The average molecular weight is 230 g/mol. The highest BCUT2D eigenvalue weighted by molar-refractivity contribution is 5.28. The summed E-state index contributed by atoms with van der Waals surface area (Å²) in [5.41, 5.74) is 4.85. The second-order valence-corrected chi connectivity index (χ2v) is 4.30. The Morgan fingerprint density at radius 1 is 1.12 bits per heavy atom. The Morgan fingerprint density at radius 2 is 1.76 bits per heavy atom. The van der Waals surface area contributed by atoms with E-state index < -0.39 is 0 Å². The Bertz CT molecular complexity index is 512. The van der Waals surface area contributed by atoms with Gasteiger partial charge in [-0.1, -0.05) is 12.1 Å². The van der Waals surface area contributed by atoms with Crippen LogP contribution in [0.5, 0.6) is 5.75 Å². The largest absolute Gasteiger partial charge is 0.497 e. The summed E-state index contributed by atoms with van der Waals surface area (Å²) in [6.07, 6.45) is 0. The lowest BCUT2D eigenvalue weighted by Gasteiger charge is -2.06. The van der Waals surface area contributed by atoms with Crippen LogP contribution in [0.15, 0.2) is 24.3 Å². The van der Waals surface area contributed by atoms with Crippen LogP contribution < -0.4 is 4.74 Å². The maximum Gasteiger partial charge on any atom is 0.118 e. The molecular weight excluding hydrogens is 212 g/mol. The molecule has 0 saturated carbocycles. The van der Waals surface area contributed by atoms with Gasteiger partial charge in [-0.2, -0.15) is 5.10 Å². The zero-order valence-electron chi connectivity index (χ0n) is 10.8. The number of aromatic nitrogens is 2. The van der Waals surface area contributed by atoms with Gasteiger partial charge in [-0.3, -0.25) is 4.68 Å². The number of hydrogen-bond acceptors (Lipinski definition) is 2. The number of ether oxygens (including phenoxy) is 1. The molecule has 0 spiro atoms. The van der Waals surface area contributed by atoms with Gasteiger partial charge in [0.15, 0.2) is 0 Å². The van der Waals surface area contributed by atoms with Crippen molar-refractivity contribution in [3.63, 3.8) is 0 Å². The van der Waals surface area contributed by atoms with Gasteiger partial charge in [-0.25, -0.2) is 0 Å². The van der Waals surface area contributed by atoms with Gasteiger partial charge in [0.2, 0.25) is 0 Å². The quantitative estimate of drug-likeness (QED) is 0.810. The van der Waals surface area contributed by atoms with E-state index >= 15 is 0 Å². The monoisotopic (exact) mass is 230 g/mol. The van der Waals surface area contributed by atoms with Crippen LogP contribution in [-0.2, 0) is 6.54 Å². The molecule has 0 unspecified atom stereocenters. The Hall–Kier alpha value is -1.77. The molecule has 0 amide bonds. The molecule has 0 fully saturated rings. The van der Waals surface area contributed by atoms with E-state index in [1.807, 2.05) is 23.7 Å². The van der Waals surface area contributed by atoms with Crippen LogP contribution in [-0.4, -0.2) is 16.9 Å². The normalized spacial score (nSPS) is 10.6. The fourth-order valence-corrected chi connectivity index (χ4v) is 1.84. The predicted molar refractivity (Wildman–Crippen MR) is 68.5 cm³/mol. The maximum absolute atomic E-state index is 5.14. The van der Waals surface area contributed by atoms with E-state index in [1.54, 1.807) is 7.11 Å². The zero-order chi connectivity index (χ0) is 12.4. The number of methoxy groups -OCH3 is 1. The van der Waals surface area contributed by atoms with Crippen LogP contribution in [0.25, 0.3) is 0 Å². The van der Waals surface area contributed by atoms with E-state index in [1.165, 1.54) is 16.8 Å². The van der Waals surface area contributed by atoms with Crippen LogP contribution in [0, 0.1) is 20.8 Å². The second kappa shape index (κ2) is 4.62. The van der Waals surface area contributed by atoms with E-state index in [-0.39, 0.29) is 0 Å². The van der Waals surface area contributed by atoms with E-state index in [9.17, 15) is 0 Å². The molecule has 3 nitrogen and oxygen atoms in total. The summed E-state index contributed by atoms with van der Waals surface area (Å²) >= 11 is 0. The van der Waals surface area contributed by atoms with Crippen molar-refractivity contribution in [2.24, 2.45) is 0 Å². The molecule has 2 rings (SSSR count). The van der Waals surface area contributed by atoms with Gasteiger partial charge in [0.1, 0.15) is 5.75 Å². The molecular formula is C14H18N2O. The summed E-state index contributed by atoms with van der Waals surface area (Å²) in [6, 6.07) is 8.11. The second-order valence-electron chi connectivity index (χ2n) is 4.30. The highest BCUT2D eigenvalue weighted by atomic mass is 16.5. The summed E-state index contributed by atoms with van der Waals surface area (Å²) in [7, 11) is 1.68. The molecule has 0 aliphatic carbocycles. The van der Waals surface area contributed by atoms with Gasteiger partial charge in [0, 0.05) is 5.69 Å². The molecule has 1 aromatic heterocycles. The van der Waals surface area contributed by atoms with Crippen molar-refractivity contribution in [3.8, 4) is 5.75 Å². The fourth-order valence-electron chi connectivity index (χ4n) is 1.84. The van der Waals surface area contributed by atoms with Crippen LogP contribution in [0.3, 0.4) is 0 Å². The first-order valence-corrected chi connectivity index (χ1v) is 5.75. The lowest BCUT2D eigenvalue weighted by atomic mass is 10.2. The Kier molecular flexibility index (Phi) is 3.18. The van der Waals surface area contributed by atoms with Crippen LogP contribution in [0.1, 0.15) is 22.5 Å². The molecule has 1 aromatic carbocycles. The minimum Gasteiger partial charge on any atom is -0.497 e. The molecule has 90 valence electrons. The van der Waals surface area contributed by atoms with Crippen molar-refractivity contribution in [1.29, 1.82) is 0 Å². The van der Waals surface area contributed by atoms with Gasteiger partial charge in [0.25, 0.3) is 0 Å². The molecule has 0 bridgehead atoms. The third kappa shape index (κ3) is 2.33. The molecule has 0 aliphatic heterocycles. The molecule has 17 heavy (non-hydrogen) atoms. The van der Waals surface area contributed by atoms with Gasteiger partial charge in [-0.05, 0) is 44.0 Å². The first-order chi connectivity index (χ1) is 8.11. The summed E-state index contributed by atoms with van der Waals surface area (Å²) in [6.45, 7) is 7.08. The summed E-state index contributed by atoms with van der Waals surface area (Å²) in [4.78, 5) is 0. The van der Waals surface area contributed by atoms with Crippen molar-refractivity contribution in [2.75, 3.05) is 7.11 Å². The van der Waals surface area contributed by atoms with Crippen molar-refractivity contribution in [2.45, 2.75) is 27.3 Å². The van der Waals surface area contributed by atoms with Crippen LogP contribution >= 0.6 is 0 Å². The smallest absolute Gasteiger partial charge is 0.118 e. The summed E-state index contributed by atoms with van der Waals surface area (Å²) < 4.78 is 7.19. The number of rotatable bonds is 3. The van der Waals surface area contributed by atoms with Crippen LogP contribution in [0.2, 0.25) is 0 Å². The highest BCUT2D eigenvalue weighted by Gasteiger charge is 2.07. The molecule has 3 heteroatoms. The van der Waals surface area contributed by atoms with E-state index in [0.717, 1.165) is 18.0 Å². The summed E-state index contributed by atoms with van der Waals surface area (Å²) in [5, 5.41) is 4.53. The number of aryl methyl sites for hydroxylation is 1. The lowest BCUT2D eigenvalue weighted by molar-refractivity contribution is 0.414. The van der Waals surface area contributed by atoms with Crippen molar-refractivity contribution in [1.82, 2.24) is 9.78 Å². The van der Waals surface area contributed by atoms with E-state index in [2.05, 4.69) is 31.1 Å². The lowest BCUT2D eigenvalue weighted by Crippen LogP contribution is -2.04. The minimum atomic E-state index is 0.810. The highest BCUT2D eigenvalue weighted by Crippen LogP contribution is 2.15. The van der Waals surface area contributed by atoms with E-state index in [4.69, 9.17) is 4.74 Å². The standard InChI is InChI=1S/C14H18N2O/c1-10-11(2)15-16(12(10)3)9-13-5-7-14(17-4)8-6-13/h5-8H,9H2,1-4H3. The SMILES string of the molecule is COc1ccc(Cn2nc(C)c(C)c2C)cc1. The first kappa shape index (κ1) is 11.7. The molecule has 0 N–H and O–H groups in total. The molecule has 2 aromatic rings. The maximum atomic E-state index is 5.14. The fraction of sp³-hybridized carbons (Fsp3) is 0.357. The first-order valence-electron chi connectivity index (χ1n) is 5.75. The van der Waals surface area contributed by atoms with Gasteiger partial charge < -0.3 is 4.74 Å².